The quantitative estimate of drug-likeness (QED) is 0.843. The summed E-state index contributed by atoms with van der Waals surface area (Å²) in [6.45, 7) is 5.76. The van der Waals surface area contributed by atoms with Gasteiger partial charge in [-0.1, -0.05) is 6.07 Å². The zero-order valence-corrected chi connectivity index (χ0v) is 12.2. The molecule has 2 rings (SSSR count). The average Bonchev–Trinajstić information content (AvgIpc) is 2.89. The molecular formula is C15H25N3O. The van der Waals surface area contributed by atoms with Gasteiger partial charge in [-0.25, -0.2) is 0 Å². The van der Waals surface area contributed by atoms with Gasteiger partial charge >= 0.3 is 0 Å². The summed E-state index contributed by atoms with van der Waals surface area (Å²) < 4.78 is 5.48. The van der Waals surface area contributed by atoms with Crippen LogP contribution in [-0.4, -0.2) is 49.8 Å². The predicted octanol–water partition coefficient (Wildman–Crippen LogP) is 1.45. The molecule has 19 heavy (non-hydrogen) atoms. The lowest BCUT2D eigenvalue weighted by Gasteiger charge is -2.27. The molecule has 0 bridgehead atoms. The largest absolute Gasteiger partial charge is 0.381 e. The van der Waals surface area contributed by atoms with Crippen LogP contribution >= 0.6 is 0 Å². The number of hydrogen-bond donors (Lipinski definition) is 1. The first-order valence-corrected chi connectivity index (χ1v) is 7.05. The van der Waals surface area contributed by atoms with Gasteiger partial charge in [0, 0.05) is 37.4 Å². The fraction of sp³-hybridized carbons (Fsp3) is 0.667. The summed E-state index contributed by atoms with van der Waals surface area (Å²) in [6, 6.07) is 6.70. The van der Waals surface area contributed by atoms with Crippen LogP contribution in [0.1, 0.15) is 17.8 Å². The first-order chi connectivity index (χ1) is 9.19. The van der Waals surface area contributed by atoms with Crippen LogP contribution in [0.5, 0.6) is 0 Å². The summed E-state index contributed by atoms with van der Waals surface area (Å²) in [5, 5.41) is 3.43. The van der Waals surface area contributed by atoms with Gasteiger partial charge in [0.1, 0.15) is 0 Å². The number of aryl methyl sites for hydroxylation is 1. The Morgan fingerprint density at radius 3 is 3.00 bits per heavy atom. The fourth-order valence-corrected chi connectivity index (χ4v) is 2.71. The first kappa shape index (κ1) is 14.4. The summed E-state index contributed by atoms with van der Waals surface area (Å²) in [5.41, 5.74) is 2.22. The Morgan fingerprint density at radius 2 is 2.37 bits per heavy atom. The Hall–Kier alpha value is -0.970. The van der Waals surface area contributed by atoms with E-state index in [-0.39, 0.29) is 0 Å². The summed E-state index contributed by atoms with van der Waals surface area (Å²) in [4.78, 5) is 6.89. The maximum absolute atomic E-state index is 5.48. The number of hydrogen-bond acceptors (Lipinski definition) is 4. The third-order valence-corrected chi connectivity index (χ3v) is 3.79. The maximum atomic E-state index is 5.48. The highest BCUT2D eigenvalue weighted by Gasteiger charge is 2.25. The Bertz CT molecular complexity index is 391. The van der Waals surface area contributed by atoms with E-state index in [9.17, 15) is 0 Å². The highest BCUT2D eigenvalue weighted by atomic mass is 16.5. The first-order valence-electron chi connectivity index (χ1n) is 7.05. The highest BCUT2D eigenvalue weighted by Crippen LogP contribution is 2.17. The van der Waals surface area contributed by atoms with Crippen LogP contribution in [0.4, 0.5) is 0 Å². The van der Waals surface area contributed by atoms with Crippen LogP contribution in [-0.2, 0) is 11.3 Å². The van der Waals surface area contributed by atoms with Gasteiger partial charge in [0.15, 0.2) is 0 Å². The van der Waals surface area contributed by atoms with E-state index in [1.54, 1.807) is 0 Å². The molecule has 0 spiro atoms. The van der Waals surface area contributed by atoms with E-state index in [0.717, 1.165) is 37.7 Å². The maximum Gasteiger partial charge on any atom is 0.0547 e. The molecule has 2 unspecified atom stereocenters. The third kappa shape index (κ3) is 4.27. The van der Waals surface area contributed by atoms with Crippen molar-refractivity contribution in [3.8, 4) is 0 Å². The van der Waals surface area contributed by atoms with Crippen molar-refractivity contribution in [3.63, 3.8) is 0 Å². The standard InChI is InChI=1S/C15H25N3O/c1-12-5-4-6-14(17-12)9-18(3)10-15(16-2)13-7-8-19-11-13/h4-6,13,15-16H,7-11H2,1-3H3. The monoisotopic (exact) mass is 263 g/mol. The lowest BCUT2D eigenvalue weighted by atomic mass is 9.99. The molecule has 0 aromatic carbocycles. The van der Waals surface area contributed by atoms with Crippen molar-refractivity contribution in [2.45, 2.75) is 25.9 Å². The molecule has 1 N–H and O–H groups in total. The minimum Gasteiger partial charge on any atom is -0.381 e. The molecule has 0 aliphatic carbocycles. The molecule has 2 heterocycles. The zero-order valence-electron chi connectivity index (χ0n) is 12.2. The van der Waals surface area contributed by atoms with Crippen LogP contribution in [0.15, 0.2) is 18.2 Å². The number of ether oxygens (including phenoxy) is 1. The molecule has 4 nitrogen and oxygen atoms in total. The molecular weight excluding hydrogens is 238 g/mol. The molecule has 1 saturated heterocycles. The van der Waals surface area contributed by atoms with E-state index in [2.05, 4.69) is 34.4 Å². The van der Waals surface area contributed by atoms with Crippen molar-refractivity contribution in [1.29, 1.82) is 0 Å². The van der Waals surface area contributed by atoms with Crippen LogP contribution in [0.25, 0.3) is 0 Å². The third-order valence-electron chi connectivity index (χ3n) is 3.79. The topological polar surface area (TPSA) is 37.4 Å². The van der Waals surface area contributed by atoms with Crippen LogP contribution in [0.2, 0.25) is 0 Å². The molecule has 1 aliphatic heterocycles. The number of aromatic nitrogens is 1. The Labute approximate surface area is 116 Å². The van der Waals surface area contributed by atoms with Gasteiger partial charge in [0.25, 0.3) is 0 Å². The van der Waals surface area contributed by atoms with Gasteiger partial charge in [0.2, 0.25) is 0 Å². The highest BCUT2D eigenvalue weighted by molar-refractivity contribution is 5.09. The Morgan fingerprint density at radius 1 is 1.53 bits per heavy atom. The molecule has 1 fully saturated rings. The number of nitrogens with one attached hydrogen (secondary N) is 1. The molecule has 106 valence electrons. The SMILES string of the molecule is CNC(CN(C)Cc1cccc(C)n1)C1CCOC1. The molecule has 0 radical (unpaired) electrons. The lowest BCUT2D eigenvalue weighted by molar-refractivity contribution is 0.167. The van der Waals surface area contributed by atoms with E-state index >= 15 is 0 Å². The van der Waals surface area contributed by atoms with Gasteiger partial charge in [-0.3, -0.25) is 9.88 Å². The minimum atomic E-state index is 0.498. The van der Waals surface area contributed by atoms with Crippen molar-refractivity contribution >= 4 is 0 Å². The molecule has 2 atom stereocenters. The normalized spacial score (nSPS) is 20.9. The van der Waals surface area contributed by atoms with Crippen molar-refractivity contribution < 1.29 is 4.74 Å². The molecule has 1 aromatic heterocycles. The lowest BCUT2D eigenvalue weighted by Crippen LogP contribution is -2.43. The summed E-state index contributed by atoms with van der Waals surface area (Å²) in [7, 11) is 4.20. The van der Waals surface area contributed by atoms with Crippen LogP contribution in [0, 0.1) is 12.8 Å². The van der Waals surface area contributed by atoms with Crippen molar-refractivity contribution in [2.24, 2.45) is 5.92 Å². The number of likely N-dealkylation sites (N-methyl/N-ethyl adjacent to an activating group) is 2. The molecule has 1 aliphatic rings. The Balaban J connectivity index is 1.87. The zero-order chi connectivity index (χ0) is 13.7. The minimum absolute atomic E-state index is 0.498. The molecule has 0 amide bonds. The van der Waals surface area contributed by atoms with E-state index in [4.69, 9.17) is 4.74 Å². The summed E-state index contributed by atoms with van der Waals surface area (Å²) >= 11 is 0. The van der Waals surface area contributed by atoms with E-state index in [0.29, 0.717) is 12.0 Å². The number of rotatable bonds is 6. The summed E-state index contributed by atoms with van der Waals surface area (Å²) in [6.07, 6.45) is 1.17. The fourth-order valence-electron chi connectivity index (χ4n) is 2.71. The predicted molar refractivity (Wildman–Crippen MR) is 77.1 cm³/mol. The van der Waals surface area contributed by atoms with Crippen molar-refractivity contribution in [2.75, 3.05) is 33.9 Å². The van der Waals surface area contributed by atoms with Gasteiger partial charge in [-0.15, -0.1) is 0 Å². The number of nitrogens with zero attached hydrogens (tertiary/aromatic N) is 2. The Kier molecular flexibility index (Phi) is 5.31. The van der Waals surface area contributed by atoms with Gasteiger partial charge in [0.05, 0.1) is 12.3 Å². The van der Waals surface area contributed by atoms with Gasteiger partial charge in [-0.05, 0) is 39.6 Å². The second-order valence-electron chi connectivity index (χ2n) is 5.49. The van der Waals surface area contributed by atoms with E-state index in [1.165, 1.54) is 6.42 Å². The van der Waals surface area contributed by atoms with Gasteiger partial charge in [-0.2, -0.15) is 0 Å². The summed E-state index contributed by atoms with van der Waals surface area (Å²) in [5.74, 6) is 0.637. The van der Waals surface area contributed by atoms with Crippen molar-refractivity contribution in [1.82, 2.24) is 15.2 Å². The molecule has 0 saturated carbocycles. The van der Waals surface area contributed by atoms with Crippen molar-refractivity contribution in [3.05, 3.63) is 29.6 Å². The number of pyridine rings is 1. The molecule has 1 aromatic rings. The van der Waals surface area contributed by atoms with Gasteiger partial charge < -0.3 is 10.1 Å². The van der Waals surface area contributed by atoms with E-state index < -0.39 is 0 Å². The second-order valence-corrected chi connectivity index (χ2v) is 5.49. The van der Waals surface area contributed by atoms with Crippen LogP contribution in [0.3, 0.4) is 0 Å². The average molecular weight is 263 g/mol. The second kappa shape index (κ2) is 6.98. The molecule has 4 heteroatoms. The smallest absolute Gasteiger partial charge is 0.0547 e. The van der Waals surface area contributed by atoms with Crippen LogP contribution < -0.4 is 5.32 Å². The van der Waals surface area contributed by atoms with E-state index in [1.807, 2.05) is 20.0 Å².